The predicted octanol–water partition coefficient (Wildman–Crippen LogP) is 2.18. The Bertz CT molecular complexity index is 638. The number of anilines is 1. The highest BCUT2D eigenvalue weighted by Crippen LogP contribution is 2.18. The average Bonchev–Trinajstić information content (AvgIpc) is 2.50. The average molecular weight is 300 g/mol. The summed E-state index contributed by atoms with van der Waals surface area (Å²) in [6, 6.07) is 9.54. The van der Waals surface area contributed by atoms with Gasteiger partial charge < -0.3 is 4.74 Å². The Morgan fingerprint density at radius 2 is 1.86 bits per heavy atom. The first-order valence-corrected chi connectivity index (χ1v) is 7.07. The van der Waals surface area contributed by atoms with Crippen molar-refractivity contribution in [2.45, 2.75) is 26.7 Å². The zero-order valence-electron chi connectivity index (χ0n) is 13.0. The minimum atomic E-state index is -0.131. The van der Waals surface area contributed by atoms with E-state index in [2.05, 4.69) is 20.8 Å². The van der Waals surface area contributed by atoms with Gasteiger partial charge in [-0.1, -0.05) is 18.2 Å². The third-order valence-electron chi connectivity index (χ3n) is 3.11. The van der Waals surface area contributed by atoms with Gasteiger partial charge in [-0.3, -0.25) is 15.6 Å². The Morgan fingerprint density at radius 1 is 1.18 bits per heavy atom. The van der Waals surface area contributed by atoms with Crippen LogP contribution in [-0.4, -0.2) is 23.0 Å². The smallest absolute Gasteiger partial charge is 0.242 e. The second-order valence-electron chi connectivity index (χ2n) is 4.96. The number of aromatic nitrogens is 2. The Morgan fingerprint density at radius 3 is 2.55 bits per heavy atom. The van der Waals surface area contributed by atoms with Crippen LogP contribution in [0.25, 0.3) is 0 Å². The molecule has 2 aromatic rings. The van der Waals surface area contributed by atoms with E-state index in [4.69, 9.17) is 4.74 Å². The first-order valence-electron chi connectivity index (χ1n) is 7.07. The number of hydrogen-bond donors (Lipinski definition) is 2. The van der Waals surface area contributed by atoms with Crippen molar-refractivity contribution in [1.29, 1.82) is 0 Å². The molecule has 0 spiro atoms. The van der Waals surface area contributed by atoms with Crippen LogP contribution in [0.4, 0.5) is 5.95 Å². The predicted molar refractivity (Wildman–Crippen MR) is 84.6 cm³/mol. The summed E-state index contributed by atoms with van der Waals surface area (Å²) in [5.41, 5.74) is 8.04. The molecular formula is C16H20N4O2. The van der Waals surface area contributed by atoms with E-state index in [0.29, 0.717) is 18.8 Å². The van der Waals surface area contributed by atoms with E-state index in [1.54, 1.807) is 7.11 Å². The highest BCUT2D eigenvalue weighted by Gasteiger charge is 2.07. The zero-order valence-corrected chi connectivity index (χ0v) is 13.0. The molecule has 1 aromatic carbocycles. The number of methoxy groups -OCH3 is 1. The largest absolute Gasteiger partial charge is 0.496 e. The van der Waals surface area contributed by atoms with Gasteiger partial charge in [0.25, 0.3) is 0 Å². The van der Waals surface area contributed by atoms with Crippen LogP contribution in [0.3, 0.4) is 0 Å². The molecule has 6 heteroatoms. The summed E-state index contributed by atoms with van der Waals surface area (Å²) in [4.78, 5) is 20.3. The molecule has 1 amide bonds. The standard InChI is InChI=1S/C16H20N4O2/c1-11-10-12(2)18-16(17-11)20-19-15(21)9-8-13-6-4-5-7-14(13)22-3/h4-7,10H,8-9H2,1-3H3,(H,19,21)(H,17,18,20). The first kappa shape index (κ1) is 15.8. The Hall–Kier alpha value is -2.63. The summed E-state index contributed by atoms with van der Waals surface area (Å²) in [6.07, 6.45) is 0.948. The van der Waals surface area contributed by atoms with Gasteiger partial charge in [-0.15, -0.1) is 0 Å². The molecule has 0 atom stereocenters. The summed E-state index contributed by atoms with van der Waals surface area (Å²) in [7, 11) is 1.62. The lowest BCUT2D eigenvalue weighted by atomic mass is 10.1. The topological polar surface area (TPSA) is 76.1 Å². The molecule has 0 aliphatic carbocycles. The van der Waals surface area contributed by atoms with E-state index >= 15 is 0 Å². The van der Waals surface area contributed by atoms with Gasteiger partial charge in [0.15, 0.2) is 0 Å². The van der Waals surface area contributed by atoms with Crippen LogP contribution < -0.4 is 15.6 Å². The molecule has 2 N–H and O–H groups in total. The number of benzene rings is 1. The number of carbonyl (C=O) groups excluding carboxylic acids is 1. The molecule has 1 heterocycles. The third-order valence-corrected chi connectivity index (χ3v) is 3.11. The molecule has 116 valence electrons. The lowest BCUT2D eigenvalue weighted by molar-refractivity contribution is -0.120. The van der Waals surface area contributed by atoms with E-state index in [9.17, 15) is 4.79 Å². The van der Waals surface area contributed by atoms with E-state index in [-0.39, 0.29) is 5.91 Å². The maximum absolute atomic E-state index is 11.9. The second-order valence-corrected chi connectivity index (χ2v) is 4.96. The third kappa shape index (κ3) is 4.44. The fourth-order valence-electron chi connectivity index (χ4n) is 2.13. The van der Waals surface area contributed by atoms with Crippen molar-refractivity contribution >= 4 is 11.9 Å². The molecule has 0 fully saturated rings. The lowest BCUT2D eigenvalue weighted by Crippen LogP contribution is -2.30. The van der Waals surface area contributed by atoms with Crippen LogP contribution in [-0.2, 0) is 11.2 Å². The quantitative estimate of drug-likeness (QED) is 0.800. The fraction of sp³-hybridized carbons (Fsp3) is 0.312. The lowest BCUT2D eigenvalue weighted by Gasteiger charge is -2.10. The maximum Gasteiger partial charge on any atom is 0.242 e. The molecule has 2 rings (SSSR count). The summed E-state index contributed by atoms with van der Waals surface area (Å²) >= 11 is 0. The first-order chi connectivity index (χ1) is 10.6. The normalized spacial score (nSPS) is 10.1. The molecule has 0 saturated carbocycles. The van der Waals surface area contributed by atoms with Crippen molar-refractivity contribution in [3.63, 3.8) is 0 Å². The molecule has 0 radical (unpaired) electrons. The molecule has 6 nitrogen and oxygen atoms in total. The molecule has 0 unspecified atom stereocenters. The van der Waals surface area contributed by atoms with Crippen LogP contribution in [0.2, 0.25) is 0 Å². The van der Waals surface area contributed by atoms with Crippen LogP contribution in [0.5, 0.6) is 5.75 Å². The second kappa shape index (κ2) is 7.40. The van der Waals surface area contributed by atoms with Gasteiger partial charge >= 0.3 is 0 Å². The number of hydrazine groups is 1. The van der Waals surface area contributed by atoms with Gasteiger partial charge in [0.05, 0.1) is 7.11 Å². The molecule has 0 aliphatic rings. The van der Waals surface area contributed by atoms with Gasteiger partial charge in [0.1, 0.15) is 5.75 Å². The summed E-state index contributed by atoms with van der Waals surface area (Å²) < 4.78 is 5.27. The van der Waals surface area contributed by atoms with Crippen LogP contribution in [0, 0.1) is 13.8 Å². The number of carbonyl (C=O) groups is 1. The van der Waals surface area contributed by atoms with Crippen molar-refractivity contribution in [3.8, 4) is 5.75 Å². The van der Waals surface area contributed by atoms with Gasteiger partial charge in [-0.2, -0.15) is 0 Å². The maximum atomic E-state index is 11.9. The number of rotatable bonds is 6. The minimum absolute atomic E-state index is 0.131. The van der Waals surface area contributed by atoms with Crippen molar-refractivity contribution in [2.75, 3.05) is 12.5 Å². The van der Waals surface area contributed by atoms with E-state index in [1.165, 1.54) is 0 Å². The van der Waals surface area contributed by atoms with Crippen molar-refractivity contribution in [1.82, 2.24) is 15.4 Å². The number of nitrogens with zero attached hydrogens (tertiary/aromatic N) is 2. The molecule has 0 saturated heterocycles. The van der Waals surface area contributed by atoms with E-state index in [0.717, 1.165) is 22.7 Å². The fourth-order valence-corrected chi connectivity index (χ4v) is 2.13. The van der Waals surface area contributed by atoms with Crippen molar-refractivity contribution in [3.05, 3.63) is 47.3 Å². The Labute approximate surface area is 129 Å². The Balaban J connectivity index is 1.85. The Kier molecular flexibility index (Phi) is 5.30. The monoisotopic (exact) mass is 300 g/mol. The summed E-state index contributed by atoms with van der Waals surface area (Å²) in [5, 5.41) is 0. The number of nitrogens with one attached hydrogen (secondary N) is 2. The van der Waals surface area contributed by atoms with Gasteiger partial charge in [-0.05, 0) is 38.0 Å². The highest BCUT2D eigenvalue weighted by molar-refractivity contribution is 5.77. The molecule has 1 aromatic heterocycles. The molecule has 0 bridgehead atoms. The van der Waals surface area contributed by atoms with E-state index in [1.807, 2.05) is 44.2 Å². The van der Waals surface area contributed by atoms with Crippen LogP contribution >= 0.6 is 0 Å². The van der Waals surface area contributed by atoms with Gasteiger partial charge in [0.2, 0.25) is 11.9 Å². The molecule has 0 aliphatic heterocycles. The number of ether oxygens (including phenoxy) is 1. The van der Waals surface area contributed by atoms with Crippen LogP contribution in [0.1, 0.15) is 23.4 Å². The van der Waals surface area contributed by atoms with E-state index < -0.39 is 0 Å². The number of amides is 1. The number of para-hydroxylation sites is 1. The van der Waals surface area contributed by atoms with Crippen molar-refractivity contribution < 1.29 is 9.53 Å². The van der Waals surface area contributed by atoms with Crippen molar-refractivity contribution in [2.24, 2.45) is 0 Å². The molecular weight excluding hydrogens is 280 g/mol. The molecule has 22 heavy (non-hydrogen) atoms. The summed E-state index contributed by atoms with van der Waals surface area (Å²) in [5.74, 6) is 1.05. The van der Waals surface area contributed by atoms with Gasteiger partial charge in [-0.25, -0.2) is 9.97 Å². The highest BCUT2D eigenvalue weighted by atomic mass is 16.5. The number of hydrogen-bond acceptors (Lipinski definition) is 5. The SMILES string of the molecule is COc1ccccc1CCC(=O)NNc1nc(C)cc(C)n1. The summed E-state index contributed by atoms with van der Waals surface area (Å²) in [6.45, 7) is 3.76. The zero-order chi connectivity index (χ0) is 15.9. The van der Waals surface area contributed by atoms with Gasteiger partial charge in [0, 0.05) is 17.8 Å². The minimum Gasteiger partial charge on any atom is -0.496 e. The number of aryl methyl sites for hydroxylation is 3. The van der Waals surface area contributed by atoms with Crippen LogP contribution in [0.15, 0.2) is 30.3 Å².